The van der Waals surface area contributed by atoms with Crippen LogP contribution in [-0.2, 0) is 0 Å². The highest BCUT2D eigenvalue weighted by molar-refractivity contribution is 5.95. The molecule has 2 aromatic carbocycles. The largest absolute Gasteiger partial charge is 0.339 e. The maximum atomic E-state index is 13.8. The highest BCUT2D eigenvalue weighted by Crippen LogP contribution is 2.29. The van der Waals surface area contributed by atoms with Crippen molar-refractivity contribution in [3.05, 3.63) is 48.1 Å². The van der Waals surface area contributed by atoms with Crippen LogP contribution in [0.5, 0.6) is 0 Å². The molecule has 1 heterocycles. The molecule has 0 aliphatic heterocycles. The van der Waals surface area contributed by atoms with Gasteiger partial charge in [-0.05, 0) is 30.5 Å². The summed E-state index contributed by atoms with van der Waals surface area (Å²) < 4.78 is 19.1. The van der Waals surface area contributed by atoms with E-state index in [1.54, 1.807) is 18.2 Å². The molecule has 21 heavy (non-hydrogen) atoms. The van der Waals surface area contributed by atoms with Gasteiger partial charge >= 0.3 is 0 Å². The number of nitrogens with two attached hydrogens (primary N) is 1. The molecule has 3 aromatic rings. The zero-order valence-corrected chi connectivity index (χ0v) is 11.7. The van der Waals surface area contributed by atoms with Crippen molar-refractivity contribution in [3.8, 4) is 11.4 Å². The first-order valence-electron chi connectivity index (χ1n) is 6.92. The predicted molar refractivity (Wildman–Crippen MR) is 79.3 cm³/mol. The van der Waals surface area contributed by atoms with Crippen LogP contribution in [0.2, 0.25) is 0 Å². The second kappa shape index (κ2) is 5.61. The van der Waals surface area contributed by atoms with E-state index in [1.807, 2.05) is 19.1 Å². The summed E-state index contributed by atoms with van der Waals surface area (Å²) in [6.45, 7) is 2.56. The number of hydrogen-bond acceptors (Lipinski definition) is 4. The molecule has 108 valence electrons. The molecule has 0 amide bonds. The van der Waals surface area contributed by atoms with Gasteiger partial charge in [-0.15, -0.1) is 0 Å². The summed E-state index contributed by atoms with van der Waals surface area (Å²) in [5.74, 6) is 0.895. The molecule has 0 bridgehead atoms. The molecule has 2 N–H and O–H groups in total. The molecule has 0 aliphatic rings. The summed E-state index contributed by atoms with van der Waals surface area (Å²) in [5, 5.41) is 5.35. The molecule has 1 unspecified atom stereocenters. The molecule has 0 saturated heterocycles. The van der Waals surface area contributed by atoms with Crippen molar-refractivity contribution < 1.29 is 8.91 Å². The van der Waals surface area contributed by atoms with Crippen LogP contribution in [0.3, 0.4) is 0 Å². The third-order valence-corrected chi connectivity index (χ3v) is 3.57. The van der Waals surface area contributed by atoms with E-state index >= 15 is 0 Å². The van der Waals surface area contributed by atoms with E-state index in [-0.39, 0.29) is 11.7 Å². The Morgan fingerprint density at radius 3 is 2.71 bits per heavy atom. The van der Waals surface area contributed by atoms with Crippen molar-refractivity contribution in [3.63, 3.8) is 0 Å². The summed E-state index contributed by atoms with van der Waals surface area (Å²) >= 11 is 0. The van der Waals surface area contributed by atoms with E-state index in [0.717, 1.165) is 17.4 Å². The van der Waals surface area contributed by atoms with E-state index in [1.165, 1.54) is 6.07 Å². The Morgan fingerprint density at radius 1 is 1.19 bits per heavy atom. The lowest BCUT2D eigenvalue weighted by Crippen LogP contribution is -2.04. The van der Waals surface area contributed by atoms with Crippen LogP contribution in [0.1, 0.15) is 25.2 Å². The normalized spacial score (nSPS) is 12.7. The van der Waals surface area contributed by atoms with Crippen molar-refractivity contribution in [1.29, 1.82) is 0 Å². The van der Waals surface area contributed by atoms with Gasteiger partial charge in [0.1, 0.15) is 5.82 Å². The third-order valence-electron chi connectivity index (χ3n) is 3.57. The van der Waals surface area contributed by atoms with Crippen molar-refractivity contribution in [2.45, 2.75) is 19.3 Å². The standard InChI is InChI=1S/C16H16FN3O/c1-10(8-9-18)16-19-15(20-21-16)13-6-7-14(17)12-5-3-2-4-11(12)13/h2-7,10H,8-9,18H2,1H3. The molecule has 0 saturated carbocycles. The molecule has 0 spiro atoms. The molecule has 4 nitrogen and oxygen atoms in total. The number of halogens is 1. The maximum Gasteiger partial charge on any atom is 0.229 e. The lowest BCUT2D eigenvalue weighted by Gasteiger charge is -2.04. The molecule has 0 fully saturated rings. The van der Waals surface area contributed by atoms with E-state index in [0.29, 0.717) is 23.6 Å². The van der Waals surface area contributed by atoms with Gasteiger partial charge in [0, 0.05) is 16.9 Å². The number of fused-ring (bicyclic) bond motifs is 1. The van der Waals surface area contributed by atoms with Gasteiger partial charge in [-0.25, -0.2) is 4.39 Å². The smallest absolute Gasteiger partial charge is 0.229 e. The third kappa shape index (κ3) is 2.52. The molecular weight excluding hydrogens is 269 g/mol. The molecular formula is C16H16FN3O. The zero-order chi connectivity index (χ0) is 14.8. The van der Waals surface area contributed by atoms with E-state index < -0.39 is 0 Å². The fourth-order valence-corrected chi connectivity index (χ4v) is 2.38. The Kier molecular flexibility index (Phi) is 3.66. The van der Waals surface area contributed by atoms with Gasteiger partial charge in [0.2, 0.25) is 11.7 Å². The van der Waals surface area contributed by atoms with Crippen LogP contribution in [0.15, 0.2) is 40.9 Å². The van der Waals surface area contributed by atoms with Crippen molar-refractivity contribution >= 4 is 10.8 Å². The number of benzene rings is 2. The first kappa shape index (κ1) is 13.7. The average molecular weight is 285 g/mol. The summed E-state index contributed by atoms with van der Waals surface area (Å²) in [5.41, 5.74) is 6.31. The summed E-state index contributed by atoms with van der Waals surface area (Å²) in [4.78, 5) is 4.42. The van der Waals surface area contributed by atoms with Crippen LogP contribution < -0.4 is 5.73 Å². The van der Waals surface area contributed by atoms with Crippen LogP contribution in [0, 0.1) is 5.82 Å². The topological polar surface area (TPSA) is 64.9 Å². The fraction of sp³-hybridized carbons (Fsp3) is 0.250. The second-order valence-corrected chi connectivity index (χ2v) is 5.08. The predicted octanol–water partition coefficient (Wildman–Crippen LogP) is 3.48. The van der Waals surface area contributed by atoms with Gasteiger partial charge < -0.3 is 10.3 Å². The fourth-order valence-electron chi connectivity index (χ4n) is 2.38. The van der Waals surface area contributed by atoms with E-state index in [2.05, 4.69) is 10.1 Å². The van der Waals surface area contributed by atoms with Crippen LogP contribution >= 0.6 is 0 Å². The molecule has 5 heteroatoms. The highest BCUT2D eigenvalue weighted by Gasteiger charge is 2.16. The molecule has 1 aromatic heterocycles. The molecule has 3 rings (SSSR count). The van der Waals surface area contributed by atoms with Crippen molar-refractivity contribution in [2.24, 2.45) is 5.73 Å². The monoisotopic (exact) mass is 285 g/mol. The first-order chi connectivity index (χ1) is 10.2. The van der Waals surface area contributed by atoms with Crippen LogP contribution in [-0.4, -0.2) is 16.7 Å². The van der Waals surface area contributed by atoms with Crippen LogP contribution in [0.25, 0.3) is 22.2 Å². The van der Waals surface area contributed by atoms with Gasteiger partial charge in [-0.3, -0.25) is 0 Å². The minimum Gasteiger partial charge on any atom is -0.339 e. The van der Waals surface area contributed by atoms with Crippen molar-refractivity contribution in [2.75, 3.05) is 6.54 Å². The number of rotatable bonds is 4. The summed E-state index contributed by atoms with van der Waals surface area (Å²) in [7, 11) is 0. The number of aromatic nitrogens is 2. The van der Waals surface area contributed by atoms with E-state index in [9.17, 15) is 4.39 Å². The molecule has 0 radical (unpaired) electrons. The molecule has 1 atom stereocenters. The Bertz CT molecular complexity index is 769. The van der Waals surface area contributed by atoms with Crippen LogP contribution in [0.4, 0.5) is 4.39 Å². The first-order valence-corrected chi connectivity index (χ1v) is 6.92. The minimum atomic E-state index is -0.255. The minimum absolute atomic E-state index is 0.114. The maximum absolute atomic E-state index is 13.8. The van der Waals surface area contributed by atoms with Gasteiger partial charge in [0.15, 0.2) is 0 Å². The lowest BCUT2D eigenvalue weighted by molar-refractivity contribution is 0.355. The van der Waals surface area contributed by atoms with Gasteiger partial charge in [0.05, 0.1) is 0 Å². The summed E-state index contributed by atoms with van der Waals surface area (Å²) in [6.07, 6.45) is 0.784. The van der Waals surface area contributed by atoms with Crippen molar-refractivity contribution in [1.82, 2.24) is 10.1 Å². The Morgan fingerprint density at radius 2 is 1.95 bits per heavy atom. The second-order valence-electron chi connectivity index (χ2n) is 5.08. The highest BCUT2D eigenvalue weighted by atomic mass is 19.1. The molecule has 0 aliphatic carbocycles. The lowest BCUT2D eigenvalue weighted by atomic mass is 10.0. The quantitative estimate of drug-likeness (QED) is 0.797. The Balaban J connectivity index is 2.07. The summed E-state index contributed by atoms with van der Waals surface area (Å²) in [6, 6.07) is 10.4. The van der Waals surface area contributed by atoms with Gasteiger partial charge in [0.25, 0.3) is 0 Å². The number of hydrogen-bond donors (Lipinski definition) is 1. The van der Waals surface area contributed by atoms with Gasteiger partial charge in [-0.2, -0.15) is 4.98 Å². The average Bonchev–Trinajstić information content (AvgIpc) is 2.98. The SMILES string of the molecule is CC(CCN)c1nc(-c2ccc(F)c3ccccc23)no1. The zero-order valence-electron chi connectivity index (χ0n) is 11.7. The van der Waals surface area contributed by atoms with Gasteiger partial charge in [-0.1, -0.05) is 36.3 Å². The Labute approximate surface area is 121 Å². The van der Waals surface area contributed by atoms with E-state index in [4.69, 9.17) is 10.3 Å². The Hall–Kier alpha value is -2.27. The number of nitrogens with zero attached hydrogens (tertiary/aromatic N) is 2.